The number of carbonyl (C=O) groups excluding carboxylic acids is 1. The Balaban J connectivity index is 1.51. The first kappa shape index (κ1) is 11.5. The lowest BCUT2D eigenvalue weighted by atomic mass is 9.66. The van der Waals surface area contributed by atoms with Crippen molar-refractivity contribution >= 4 is 5.91 Å². The Hall–Kier alpha value is -0.570. The molecule has 96 valence electrons. The van der Waals surface area contributed by atoms with Gasteiger partial charge in [-0.1, -0.05) is 6.42 Å². The minimum atomic E-state index is 0.154. The number of amides is 1. The van der Waals surface area contributed by atoms with Gasteiger partial charge in [0, 0.05) is 12.5 Å². The molecule has 1 amide bonds. The van der Waals surface area contributed by atoms with Gasteiger partial charge in [-0.25, -0.2) is 0 Å². The van der Waals surface area contributed by atoms with E-state index in [0.717, 1.165) is 24.7 Å². The number of nitrogens with one attached hydrogen (secondary N) is 1. The third-order valence-corrected chi connectivity index (χ3v) is 4.97. The molecule has 0 radical (unpaired) electrons. The fraction of sp³-hybridized carbons (Fsp3) is 0.929. The quantitative estimate of drug-likeness (QED) is 0.739. The summed E-state index contributed by atoms with van der Waals surface area (Å²) in [6.45, 7) is 0.679. The maximum absolute atomic E-state index is 12.1. The maximum atomic E-state index is 12.1. The van der Waals surface area contributed by atoms with Gasteiger partial charge in [0.15, 0.2) is 0 Å². The minimum Gasteiger partial charge on any atom is -0.353 e. The van der Waals surface area contributed by atoms with Gasteiger partial charge in [0.05, 0.1) is 0 Å². The van der Waals surface area contributed by atoms with E-state index in [9.17, 15) is 4.79 Å². The summed E-state index contributed by atoms with van der Waals surface area (Å²) in [7, 11) is 0. The lowest BCUT2D eigenvalue weighted by molar-refractivity contribution is -0.125. The molecule has 0 aromatic carbocycles. The lowest BCUT2D eigenvalue weighted by Crippen LogP contribution is -2.45. The molecule has 3 aliphatic carbocycles. The van der Waals surface area contributed by atoms with Crippen molar-refractivity contribution in [1.29, 1.82) is 0 Å². The molecule has 3 saturated carbocycles. The minimum absolute atomic E-state index is 0.154. The van der Waals surface area contributed by atoms with Crippen molar-refractivity contribution in [3.63, 3.8) is 0 Å². The molecule has 0 atom stereocenters. The fourth-order valence-electron chi connectivity index (χ4n) is 3.24. The first-order chi connectivity index (χ1) is 8.22. The standard InChI is InChI=1S/C14H24N2O/c15-9-14(6-1-7-14)8-12(17)16-13(10-2-3-10)11-4-5-11/h10-11,13H,1-9,15H2,(H,16,17). The normalized spacial score (nSPS) is 26.7. The van der Waals surface area contributed by atoms with Crippen molar-refractivity contribution in [2.24, 2.45) is 23.0 Å². The van der Waals surface area contributed by atoms with E-state index in [1.807, 2.05) is 0 Å². The zero-order valence-electron chi connectivity index (χ0n) is 10.6. The molecule has 0 heterocycles. The summed E-state index contributed by atoms with van der Waals surface area (Å²) in [6.07, 6.45) is 9.50. The molecule has 0 saturated heterocycles. The van der Waals surface area contributed by atoms with Crippen LogP contribution in [-0.2, 0) is 4.79 Å². The third kappa shape index (κ3) is 2.49. The van der Waals surface area contributed by atoms with Gasteiger partial charge in [0.1, 0.15) is 0 Å². The Labute approximate surface area is 104 Å². The van der Waals surface area contributed by atoms with E-state index in [0.29, 0.717) is 19.0 Å². The van der Waals surface area contributed by atoms with Crippen LogP contribution in [0.1, 0.15) is 51.4 Å². The van der Waals surface area contributed by atoms with Crippen molar-refractivity contribution in [3.8, 4) is 0 Å². The molecule has 0 unspecified atom stereocenters. The summed E-state index contributed by atoms with van der Waals surface area (Å²) in [6, 6.07) is 0.498. The lowest BCUT2D eigenvalue weighted by Gasteiger charge is -2.40. The summed E-state index contributed by atoms with van der Waals surface area (Å²) in [5.74, 6) is 1.85. The van der Waals surface area contributed by atoms with Crippen molar-refractivity contribution in [1.82, 2.24) is 5.32 Å². The van der Waals surface area contributed by atoms with Crippen LogP contribution in [0.15, 0.2) is 0 Å². The van der Waals surface area contributed by atoms with Gasteiger partial charge in [0.25, 0.3) is 0 Å². The van der Waals surface area contributed by atoms with E-state index in [4.69, 9.17) is 5.73 Å². The van der Waals surface area contributed by atoms with E-state index in [2.05, 4.69) is 5.32 Å². The second-order valence-corrected chi connectivity index (χ2v) is 6.50. The van der Waals surface area contributed by atoms with Crippen LogP contribution in [0.4, 0.5) is 0 Å². The summed E-state index contributed by atoms with van der Waals surface area (Å²) >= 11 is 0. The van der Waals surface area contributed by atoms with Gasteiger partial charge >= 0.3 is 0 Å². The highest BCUT2D eigenvalue weighted by Crippen LogP contribution is 2.46. The number of hydrogen-bond donors (Lipinski definition) is 2. The topological polar surface area (TPSA) is 55.1 Å². The van der Waals surface area contributed by atoms with Gasteiger partial charge < -0.3 is 11.1 Å². The SMILES string of the molecule is NCC1(CC(=O)NC(C2CC2)C2CC2)CCC1. The molecular formula is C14H24N2O. The molecule has 3 heteroatoms. The Kier molecular flexibility index (Phi) is 2.89. The summed E-state index contributed by atoms with van der Waals surface area (Å²) in [5, 5.41) is 3.30. The Morgan fingerprint density at radius 2 is 1.82 bits per heavy atom. The van der Waals surface area contributed by atoms with Crippen LogP contribution in [-0.4, -0.2) is 18.5 Å². The Morgan fingerprint density at radius 3 is 2.18 bits per heavy atom. The summed E-state index contributed by atoms with van der Waals surface area (Å²) in [4.78, 5) is 12.1. The number of nitrogens with two attached hydrogens (primary N) is 1. The van der Waals surface area contributed by atoms with Crippen LogP contribution in [0.5, 0.6) is 0 Å². The first-order valence-corrected chi connectivity index (χ1v) is 7.22. The second kappa shape index (κ2) is 4.27. The number of hydrogen-bond acceptors (Lipinski definition) is 2. The molecule has 0 bridgehead atoms. The summed E-state index contributed by atoms with van der Waals surface area (Å²) < 4.78 is 0. The molecule has 0 spiro atoms. The zero-order chi connectivity index (χ0) is 11.9. The second-order valence-electron chi connectivity index (χ2n) is 6.50. The molecule has 3 aliphatic rings. The molecule has 17 heavy (non-hydrogen) atoms. The molecule has 3 fully saturated rings. The smallest absolute Gasteiger partial charge is 0.220 e. The fourth-order valence-corrected chi connectivity index (χ4v) is 3.24. The number of rotatable bonds is 6. The highest BCUT2D eigenvalue weighted by atomic mass is 16.1. The van der Waals surface area contributed by atoms with E-state index in [-0.39, 0.29) is 11.3 Å². The van der Waals surface area contributed by atoms with Crippen molar-refractivity contribution in [2.75, 3.05) is 6.54 Å². The largest absolute Gasteiger partial charge is 0.353 e. The van der Waals surface area contributed by atoms with Crippen LogP contribution in [0, 0.1) is 17.3 Å². The zero-order valence-corrected chi connectivity index (χ0v) is 10.6. The molecular weight excluding hydrogens is 212 g/mol. The van der Waals surface area contributed by atoms with E-state index < -0.39 is 0 Å². The molecule has 0 aromatic heterocycles. The monoisotopic (exact) mass is 236 g/mol. The Morgan fingerprint density at radius 1 is 1.24 bits per heavy atom. The van der Waals surface area contributed by atoms with Crippen LogP contribution in [0.3, 0.4) is 0 Å². The first-order valence-electron chi connectivity index (χ1n) is 7.22. The average molecular weight is 236 g/mol. The van der Waals surface area contributed by atoms with Gasteiger partial charge in [-0.05, 0) is 62.3 Å². The highest BCUT2D eigenvalue weighted by Gasteiger charge is 2.43. The predicted octanol–water partition coefficient (Wildman–Crippen LogP) is 1.81. The van der Waals surface area contributed by atoms with Crippen molar-refractivity contribution in [3.05, 3.63) is 0 Å². The van der Waals surface area contributed by atoms with Crippen LogP contribution < -0.4 is 11.1 Å². The van der Waals surface area contributed by atoms with Crippen LogP contribution in [0.2, 0.25) is 0 Å². The van der Waals surface area contributed by atoms with Crippen LogP contribution in [0.25, 0.3) is 0 Å². The predicted molar refractivity (Wildman–Crippen MR) is 67.3 cm³/mol. The van der Waals surface area contributed by atoms with E-state index in [1.54, 1.807) is 0 Å². The van der Waals surface area contributed by atoms with Gasteiger partial charge in [-0.15, -0.1) is 0 Å². The van der Waals surface area contributed by atoms with Gasteiger partial charge in [0.2, 0.25) is 5.91 Å². The van der Waals surface area contributed by atoms with Crippen molar-refractivity contribution < 1.29 is 4.79 Å². The van der Waals surface area contributed by atoms with Crippen LogP contribution >= 0.6 is 0 Å². The number of carbonyl (C=O) groups is 1. The summed E-state index contributed by atoms with van der Waals surface area (Å²) in [5.41, 5.74) is 5.97. The van der Waals surface area contributed by atoms with E-state index >= 15 is 0 Å². The van der Waals surface area contributed by atoms with Gasteiger partial charge in [-0.3, -0.25) is 4.79 Å². The average Bonchev–Trinajstić information content (AvgIpc) is 3.14. The third-order valence-electron chi connectivity index (χ3n) is 4.97. The van der Waals surface area contributed by atoms with Gasteiger partial charge in [-0.2, -0.15) is 0 Å². The molecule has 0 aliphatic heterocycles. The van der Waals surface area contributed by atoms with Crippen molar-refractivity contribution in [2.45, 2.75) is 57.4 Å². The molecule has 3 N–H and O–H groups in total. The van der Waals surface area contributed by atoms with E-state index in [1.165, 1.54) is 32.1 Å². The highest BCUT2D eigenvalue weighted by molar-refractivity contribution is 5.77. The Bertz CT molecular complexity index is 286. The maximum Gasteiger partial charge on any atom is 0.220 e. The molecule has 3 nitrogen and oxygen atoms in total. The molecule has 3 rings (SSSR count). The molecule has 0 aromatic rings.